The average Bonchev–Trinajstić information content (AvgIpc) is 3.77. The predicted molar refractivity (Wildman–Crippen MR) is 142 cm³/mol. The van der Waals surface area contributed by atoms with Crippen LogP contribution in [0.4, 0.5) is 10.5 Å². The number of nitrogens with zero attached hydrogens (tertiary/aromatic N) is 2. The highest BCUT2D eigenvalue weighted by Crippen LogP contribution is 2.49. The number of ether oxygens (including phenoxy) is 1. The number of nitriles is 1. The van der Waals surface area contributed by atoms with Crippen molar-refractivity contribution >= 4 is 29.5 Å². The smallest absolute Gasteiger partial charge is 0.408 e. The second-order valence-corrected chi connectivity index (χ2v) is 12.9. The molecule has 4 aliphatic rings. The largest absolute Gasteiger partial charge is 0.444 e. The number of nitrogens with one attached hydrogen (secondary N) is 3. The van der Waals surface area contributed by atoms with Crippen LogP contribution in [0.2, 0.25) is 0 Å². The number of alkyl carbamates (subject to hydrolysis) is 1. The van der Waals surface area contributed by atoms with Crippen molar-refractivity contribution in [3.05, 3.63) is 29.8 Å². The van der Waals surface area contributed by atoms with Crippen molar-refractivity contribution in [3.63, 3.8) is 0 Å². The summed E-state index contributed by atoms with van der Waals surface area (Å²) in [7, 11) is 0. The highest BCUT2D eigenvalue weighted by molar-refractivity contribution is 6.07. The summed E-state index contributed by atoms with van der Waals surface area (Å²) < 4.78 is 5.39. The van der Waals surface area contributed by atoms with Crippen LogP contribution in [0.25, 0.3) is 0 Å². The van der Waals surface area contributed by atoms with Crippen LogP contribution in [-0.2, 0) is 24.5 Å². The first-order valence-electron chi connectivity index (χ1n) is 13.8. The molecule has 0 radical (unpaired) electrons. The van der Waals surface area contributed by atoms with E-state index in [4.69, 9.17) is 4.74 Å². The minimum Gasteiger partial charge on any atom is -0.444 e. The van der Waals surface area contributed by atoms with E-state index in [9.17, 15) is 24.4 Å². The first-order valence-corrected chi connectivity index (χ1v) is 13.8. The van der Waals surface area contributed by atoms with Gasteiger partial charge in [0, 0.05) is 18.7 Å². The highest BCUT2D eigenvalue weighted by atomic mass is 16.6. The van der Waals surface area contributed by atoms with Crippen LogP contribution in [0.15, 0.2) is 24.3 Å². The van der Waals surface area contributed by atoms with E-state index in [1.165, 1.54) is 4.90 Å². The molecule has 10 heteroatoms. The molecule has 4 atom stereocenters. The Morgan fingerprint density at radius 2 is 1.90 bits per heavy atom. The van der Waals surface area contributed by atoms with Gasteiger partial charge in [-0.3, -0.25) is 14.4 Å². The van der Waals surface area contributed by atoms with Crippen molar-refractivity contribution in [1.29, 1.82) is 5.26 Å². The molecule has 2 aliphatic carbocycles. The molecule has 3 N–H and O–H groups in total. The van der Waals surface area contributed by atoms with Crippen molar-refractivity contribution < 1.29 is 23.9 Å². The fraction of sp³-hybridized carbons (Fsp3) is 0.621. The summed E-state index contributed by atoms with van der Waals surface area (Å²) in [5, 5.41) is 18.5. The molecule has 1 aromatic rings. The molecule has 4 amide bonds. The predicted octanol–water partition coefficient (Wildman–Crippen LogP) is 2.98. The van der Waals surface area contributed by atoms with Crippen molar-refractivity contribution in [3.8, 4) is 6.07 Å². The van der Waals surface area contributed by atoms with E-state index < -0.39 is 46.6 Å². The van der Waals surface area contributed by atoms with Gasteiger partial charge in [0.15, 0.2) is 0 Å². The molecule has 1 spiro atoms. The molecule has 2 aliphatic heterocycles. The van der Waals surface area contributed by atoms with Crippen LogP contribution in [0.1, 0.15) is 71.8 Å². The number of carbonyl (C=O) groups excluding carboxylic acids is 4. The SMILES string of the molecule is CC(C)(C)OC(=O)NC(C(=O)N[C@@H](CC1CC1)C(=O)N1C[C@]2(C[C@H]1C#N)C(=O)Nc1ccccc12)C1(C)CC1. The Labute approximate surface area is 228 Å². The average molecular weight is 536 g/mol. The third kappa shape index (κ3) is 5.32. The third-order valence-corrected chi connectivity index (χ3v) is 8.46. The Bertz CT molecular complexity index is 1240. The lowest BCUT2D eigenvalue weighted by Crippen LogP contribution is -2.57. The Balaban J connectivity index is 1.36. The minimum absolute atomic E-state index is 0.0707. The van der Waals surface area contributed by atoms with Gasteiger partial charge in [-0.1, -0.05) is 38.0 Å². The molecule has 2 heterocycles. The number of benzene rings is 1. The maximum atomic E-state index is 14.0. The Hall–Kier alpha value is -3.61. The van der Waals surface area contributed by atoms with Crippen molar-refractivity contribution in [2.24, 2.45) is 11.3 Å². The van der Waals surface area contributed by atoms with Gasteiger partial charge in [-0.25, -0.2) is 4.79 Å². The number of fused-ring (bicyclic) bond motifs is 2. The second kappa shape index (κ2) is 9.54. The van der Waals surface area contributed by atoms with E-state index in [1.54, 1.807) is 20.8 Å². The maximum absolute atomic E-state index is 14.0. The molecule has 0 bridgehead atoms. The second-order valence-electron chi connectivity index (χ2n) is 12.9. The number of hydrogen-bond acceptors (Lipinski definition) is 6. The van der Waals surface area contributed by atoms with Gasteiger partial charge >= 0.3 is 6.09 Å². The van der Waals surface area contributed by atoms with Gasteiger partial charge in [-0.05, 0) is 63.0 Å². The number of anilines is 1. The number of carbonyl (C=O) groups is 4. The fourth-order valence-electron chi connectivity index (χ4n) is 5.82. The van der Waals surface area contributed by atoms with E-state index in [1.807, 2.05) is 31.2 Å². The fourth-order valence-corrected chi connectivity index (χ4v) is 5.82. The summed E-state index contributed by atoms with van der Waals surface area (Å²) >= 11 is 0. The summed E-state index contributed by atoms with van der Waals surface area (Å²) in [6, 6.07) is 7.07. The topological polar surface area (TPSA) is 141 Å². The number of likely N-dealkylation sites (tertiary alicyclic amines) is 1. The van der Waals surface area contributed by atoms with Gasteiger partial charge in [0.25, 0.3) is 0 Å². The first kappa shape index (κ1) is 27.0. The molecule has 5 rings (SSSR count). The Morgan fingerprint density at radius 3 is 2.51 bits per heavy atom. The Kier molecular flexibility index (Phi) is 6.60. The molecule has 1 aromatic carbocycles. The zero-order valence-corrected chi connectivity index (χ0v) is 23.0. The van der Waals surface area contributed by atoms with Crippen LogP contribution in [0.5, 0.6) is 0 Å². The van der Waals surface area contributed by atoms with Gasteiger partial charge in [-0.15, -0.1) is 0 Å². The van der Waals surface area contributed by atoms with Crippen molar-refractivity contribution in [2.45, 2.75) is 95.4 Å². The quantitative estimate of drug-likeness (QED) is 0.490. The molecule has 39 heavy (non-hydrogen) atoms. The lowest BCUT2D eigenvalue weighted by molar-refractivity contribution is -0.138. The van der Waals surface area contributed by atoms with Crippen LogP contribution >= 0.6 is 0 Å². The number of amides is 4. The summed E-state index contributed by atoms with van der Waals surface area (Å²) in [4.78, 5) is 54.8. The van der Waals surface area contributed by atoms with Gasteiger partial charge in [-0.2, -0.15) is 5.26 Å². The van der Waals surface area contributed by atoms with E-state index in [0.29, 0.717) is 18.0 Å². The van der Waals surface area contributed by atoms with E-state index in [-0.39, 0.29) is 24.8 Å². The molecule has 3 fully saturated rings. The van der Waals surface area contributed by atoms with E-state index >= 15 is 0 Å². The van der Waals surface area contributed by atoms with Crippen LogP contribution in [0.3, 0.4) is 0 Å². The summed E-state index contributed by atoms with van der Waals surface area (Å²) in [6.45, 7) is 7.26. The van der Waals surface area contributed by atoms with Crippen molar-refractivity contribution in [1.82, 2.24) is 15.5 Å². The molecule has 0 aromatic heterocycles. The summed E-state index contributed by atoms with van der Waals surface area (Å²) in [6.07, 6.45) is 3.44. The Morgan fingerprint density at radius 1 is 1.21 bits per heavy atom. The van der Waals surface area contributed by atoms with E-state index in [0.717, 1.165) is 31.2 Å². The molecule has 1 saturated heterocycles. The van der Waals surface area contributed by atoms with Gasteiger partial charge in [0.1, 0.15) is 23.7 Å². The van der Waals surface area contributed by atoms with Crippen LogP contribution in [0, 0.1) is 22.7 Å². The minimum atomic E-state index is -0.997. The lowest BCUT2D eigenvalue weighted by Gasteiger charge is -2.31. The van der Waals surface area contributed by atoms with Gasteiger partial charge in [0.2, 0.25) is 17.7 Å². The lowest BCUT2D eigenvalue weighted by atomic mass is 9.80. The standard InChI is InChI=1S/C29H37N5O5/c1-27(2,3)39-26(38)33-22(28(4)11-12-28)23(35)31-21(13-17-9-10-17)24(36)34-16-29(14-18(34)15-30)19-7-5-6-8-20(19)32-25(29)37/h5-8,17-18,21-22H,9-14,16H2,1-4H3,(H,31,35)(H,32,37)(H,33,38)/t18-,21-,22?,29-/m0/s1. The number of para-hydroxylation sites is 1. The van der Waals surface area contributed by atoms with Crippen LogP contribution < -0.4 is 16.0 Å². The van der Waals surface area contributed by atoms with Crippen LogP contribution in [-0.4, -0.2) is 59.0 Å². The molecular formula is C29H37N5O5. The molecule has 2 saturated carbocycles. The molecule has 10 nitrogen and oxygen atoms in total. The normalized spacial score (nSPS) is 26.2. The first-order chi connectivity index (χ1) is 18.3. The molecular weight excluding hydrogens is 498 g/mol. The maximum Gasteiger partial charge on any atom is 0.408 e. The monoisotopic (exact) mass is 535 g/mol. The van der Waals surface area contributed by atoms with Crippen molar-refractivity contribution in [2.75, 3.05) is 11.9 Å². The molecule has 208 valence electrons. The summed E-state index contributed by atoms with van der Waals surface area (Å²) in [5.41, 5.74) is -0.652. The number of hydrogen-bond donors (Lipinski definition) is 3. The highest BCUT2D eigenvalue weighted by Gasteiger charge is 2.57. The third-order valence-electron chi connectivity index (χ3n) is 8.46. The van der Waals surface area contributed by atoms with Gasteiger partial charge in [0.05, 0.1) is 11.5 Å². The zero-order valence-electron chi connectivity index (χ0n) is 23.0. The number of rotatable bonds is 7. The molecule has 1 unspecified atom stereocenters. The zero-order chi connectivity index (χ0) is 28.2. The van der Waals surface area contributed by atoms with E-state index in [2.05, 4.69) is 22.0 Å². The summed E-state index contributed by atoms with van der Waals surface area (Å²) in [5.74, 6) is -0.718. The van der Waals surface area contributed by atoms with Gasteiger partial charge < -0.3 is 25.6 Å².